The van der Waals surface area contributed by atoms with Crippen LogP contribution >= 0.6 is 0 Å². The molecule has 1 heterocycles. The number of nitrogens with zero attached hydrogens (tertiary/aromatic N) is 1. The maximum absolute atomic E-state index is 12.6. The Labute approximate surface area is 180 Å². The van der Waals surface area contributed by atoms with Gasteiger partial charge in [0.05, 0.1) is 16.6 Å². The summed E-state index contributed by atoms with van der Waals surface area (Å²) in [6, 6.07) is 20.5. The van der Waals surface area contributed by atoms with E-state index >= 15 is 0 Å². The second-order valence-corrected chi connectivity index (χ2v) is 7.59. The molecule has 0 saturated carbocycles. The van der Waals surface area contributed by atoms with Crippen molar-refractivity contribution in [1.29, 1.82) is 0 Å². The molecule has 6 nitrogen and oxygen atoms in total. The van der Waals surface area contributed by atoms with Crippen LogP contribution < -0.4 is 5.32 Å². The quantitative estimate of drug-likeness (QED) is 0.450. The Morgan fingerprint density at radius 1 is 0.935 bits per heavy atom. The van der Waals surface area contributed by atoms with Gasteiger partial charge in [0.1, 0.15) is 5.82 Å². The van der Waals surface area contributed by atoms with Crippen LogP contribution in [0.4, 0.5) is 5.69 Å². The van der Waals surface area contributed by atoms with Crippen LogP contribution in [0.1, 0.15) is 28.4 Å². The van der Waals surface area contributed by atoms with E-state index in [1.165, 1.54) is 5.56 Å². The number of carbonyl (C=O) groups excluding carboxylic acids is 2. The summed E-state index contributed by atoms with van der Waals surface area (Å²) in [6.45, 7) is 5.55. The number of esters is 1. The molecule has 0 aliphatic carbocycles. The van der Waals surface area contributed by atoms with Gasteiger partial charge < -0.3 is 15.0 Å². The maximum Gasteiger partial charge on any atom is 0.338 e. The van der Waals surface area contributed by atoms with Gasteiger partial charge in [-0.25, -0.2) is 9.78 Å². The third-order valence-corrected chi connectivity index (χ3v) is 5.01. The highest BCUT2D eigenvalue weighted by molar-refractivity contribution is 5.98. The average molecular weight is 413 g/mol. The second-order valence-electron chi connectivity index (χ2n) is 7.59. The fourth-order valence-electron chi connectivity index (χ4n) is 3.15. The van der Waals surface area contributed by atoms with E-state index in [0.29, 0.717) is 11.3 Å². The van der Waals surface area contributed by atoms with Crippen molar-refractivity contribution in [2.45, 2.75) is 26.9 Å². The smallest absolute Gasteiger partial charge is 0.338 e. The number of fused-ring (bicyclic) bond motifs is 1. The number of H-pyrrole nitrogens is 1. The highest BCUT2D eigenvalue weighted by Gasteiger charge is 2.20. The summed E-state index contributed by atoms with van der Waals surface area (Å²) < 4.78 is 5.36. The number of imidazole rings is 1. The Balaban J connectivity index is 1.46. The van der Waals surface area contributed by atoms with E-state index in [0.717, 1.165) is 28.0 Å². The molecule has 4 rings (SSSR count). The summed E-state index contributed by atoms with van der Waals surface area (Å²) in [4.78, 5) is 32.8. The van der Waals surface area contributed by atoms with Gasteiger partial charge in [-0.05, 0) is 51.1 Å². The van der Waals surface area contributed by atoms with Crippen LogP contribution in [0.5, 0.6) is 0 Å². The fraction of sp³-hybridized carbons (Fsp3) is 0.160. The fourth-order valence-corrected chi connectivity index (χ4v) is 3.15. The molecule has 156 valence electrons. The molecular weight excluding hydrogens is 390 g/mol. The number of aromatic amines is 1. The van der Waals surface area contributed by atoms with E-state index in [1.54, 1.807) is 37.3 Å². The number of anilines is 1. The van der Waals surface area contributed by atoms with Gasteiger partial charge in [0.25, 0.3) is 5.91 Å². The van der Waals surface area contributed by atoms with E-state index in [4.69, 9.17) is 4.74 Å². The molecule has 1 amide bonds. The van der Waals surface area contributed by atoms with Crippen LogP contribution in [0, 0.1) is 13.8 Å². The van der Waals surface area contributed by atoms with E-state index < -0.39 is 12.1 Å². The first kappa shape index (κ1) is 20.3. The number of rotatable bonds is 5. The van der Waals surface area contributed by atoms with Crippen molar-refractivity contribution in [2.75, 3.05) is 5.32 Å². The Morgan fingerprint density at radius 2 is 1.58 bits per heavy atom. The number of ether oxygens (including phenoxy) is 1. The Morgan fingerprint density at radius 3 is 2.26 bits per heavy atom. The van der Waals surface area contributed by atoms with Crippen LogP contribution in [0.15, 0.2) is 66.7 Å². The number of nitrogens with one attached hydrogen (secondary N) is 2. The van der Waals surface area contributed by atoms with Crippen LogP contribution in [0.2, 0.25) is 0 Å². The van der Waals surface area contributed by atoms with Gasteiger partial charge in [0.2, 0.25) is 0 Å². The zero-order chi connectivity index (χ0) is 22.0. The SMILES string of the molecule is Cc1ccc(NC(=O)C(C)OC(=O)c2ccc3nc(-c4ccc(C)cc4)[nH]c3c2)cc1. The minimum Gasteiger partial charge on any atom is -0.449 e. The molecule has 2 N–H and O–H groups in total. The monoisotopic (exact) mass is 413 g/mol. The molecule has 4 aromatic rings. The van der Waals surface area contributed by atoms with E-state index in [2.05, 4.69) is 15.3 Å². The largest absolute Gasteiger partial charge is 0.449 e. The first-order valence-electron chi connectivity index (χ1n) is 10.0. The summed E-state index contributed by atoms with van der Waals surface area (Å²) >= 11 is 0. The minimum absolute atomic E-state index is 0.349. The molecule has 1 aromatic heterocycles. The van der Waals surface area contributed by atoms with Gasteiger partial charge in [0.15, 0.2) is 6.10 Å². The Bertz CT molecular complexity index is 1240. The number of hydrogen-bond acceptors (Lipinski definition) is 4. The highest BCUT2D eigenvalue weighted by atomic mass is 16.5. The topological polar surface area (TPSA) is 84.1 Å². The third-order valence-electron chi connectivity index (χ3n) is 5.01. The third kappa shape index (κ3) is 4.64. The number of hydrogen-bond donors (Lipinski definition) is 2. The molecule has 0 radical (unpaired) electrons. The molecule has 0 bridgehead atoms. The van der Waals surface area contributed by atoms with Crippen molar-refractivity contribution in [3.05, 3.63) is 83.4 Å². The number of amides is 1. The molecule has 0 spiro atoms. The van der Waals surface area contributed by atoms with Gasteiger partial charge in [-0.1, -0.05) is 47.5 Å². The van der Waals surface area contributed by atoms with Crippen molar-refractivity contribution in [3.63, 3.8) is 0 Å². The Hall–Kier alpha value is -3.93. The van der Waals surface area contributed by atoms with Crippen LogP contribution in [-0.4, -0.2) is 27.9 Å². The molecule has 0 fully saturated rings. The van der Waals surface area contributed by atoms with Crippen LogP contribution in [0.3, 0.4) is 0 Å². The summed E-state index contributed by atoms with van der Waals surface area (Å²) in [6.07, 6.45) is -0.936. The predicted molar refractivity (Wildman–Crippen MR) is 121 cm³/mol. The normalized spacial score (nSPS) is 11.8. The summed E-state index contributed by atoms with van der Waals surface area (Å²) in [7, 11) is 0. The lowest BCUT2D eigenvalue weighted by atomic mass is 10.1. The lowest BCUT2D eigenvalue weighted by Crippen LogP contribution is -2.30. The van der Waals surface area contributed by atoms with Crippen molar-refractivity contribution in [2.24, 2.45) is 0 Å². The lowest BCUT2D eigenvalue weighted by molar-refractivity contribution is -0.123. The van der Waals surface area contributed by atoms with Crippen LogP contribution in [-0.2, 0) is 9.53 Å². The van der Waals surface area contributed by atoms with Crippen molar-refractivity contribution in [3.8, 4) is 11.4 Å². The van der Waals surface area contributed by atoms with Gasteiger partial charge in [0, 0.05) is 11.3 Å². The molecule has 0 aliphatic heterocycles. The van der Waals surface area contributed by atoms with Gasteiger partial charge in [-0.2, -0.15) is 0 Å². The highest BCUT2D eigenvalue weighted by Crippen LogP contribution is 2.22. The molecule has 1 unspecified atom stereocenters. The summed E-state index contributed by atoms with van der Waals surface area (Å²) in [5.74, 6) is -0.229. The Kier molecular flexibility index (Phi) is 5.54. The summed E-state index contributed by atoms with van der Waals surface area (Å²) in [5.41, 5.74) is 5.71. The first-order chi connectivity index (χ1) is 14.9. The molecule has 1 atom stereocenters. The predicted octanol–water partition coefficient (Wildman–Crippen LogP) is 5.03. The lowest BCUT2D eigenvalue weighted by Gasteiger charge is -2.13. The zero-order valence-electron chi connectivity index (χ0n) is 17.6. The van der Waals surface area contributed by atoms with E-state index in [1.807, 2.05) is 50.2 Å². The molecular formula is C25H23N3O3. The molecule has 6 heteroatoms. The van der Waals surface area contributed by atoms with Gasteiger partial charge in [-0.3, -0.25) is 4.79 Å². The van der Waals surface area contributed by atoms with E-state index in [9.17, 15) is 9.59 Å². The number of benzene rings is 3. The second kappa shape index (κ2) is 8.44. The molecule has 0 aliphatic rings. The van der Waals surface area contributed by atoms with E-state index in [-0.39, 0.29) is 5.91 Å². The number of aromatic nitrogens is 2. The van der Waals surface area contributed by atoms with Gasteiger partial charge >= 0.3 is 5.97 Å². The number of aryl methyl sites for hydroxylation is 2. The minimum atomic E-state index is -0.936. The van der Waals surface area contributed by atoms with Crippen LogP contribution in [0.25, 0.3) is 22.4 Å². The zero-order valence-corrected chi connectivity index (χ0v) is 17.6. The summed E-state index contributed by atoms with van der Waals surface area (Å²) in [5, 5.41) is 2.75. The maximum atomic E-state index is 12.6. The number of carbonyl (C=O) groups is 2. The van der Waals surface area contributed by atoms with Crippen molar-refractivity contribution < 1.29 is 14.3 Å². The first-order valence-corrected chi connectivity index (χ1v) is 10.0. The molecule has 0 saturated heterocycles. The molecule has 3 aromatic carbocycles. The average Bonchev–Trinajstić information content (AvgIpc) is 3.19. The molecule has 31 heavy (non-hydrogen) atoms. The standard InChI is InChI=1S/C25H23N3O3/c1-15-4-8-18(9-5-15)23-27-21-13-10-19(14-22(21)28-23)25(30)31-17(3)24(29)26-20-11-6-16(2)7-12-20/h4-14,17H,1-3H3,(H,26,29)(H,27,28). The van der Waals surface area contributed by atoms with Gasteiger partial charge in [-0.15, -0.1) is 0 Å². The van der Waals surface area contributed by atoms with Crippen molar-refractivity contribution >= 4 is 28.6 Å². The van der Waals surface area contributed by atoms with Crippen molar-refractivity contribution in [1.82, 2.24) is 9.97 Å².